The molecule has 4 nitrogen and oxygen atoms in total. The molecule has 1 aromatic rings. The van der Waals surface area contributed by atoms with Gasteiger partial charge < -0.3 is 14.5 Å². The number of carbonyl (C=O) groups is 1. The second kappa shape index (κ2) is 6.91. The molecule has 0 aromatic heterocycles. The van der Waals surface area contributed by atoms with Crippen molar-refractivity contribution in [2.45, 2.75) is 45.1 Å². The zero-order valence-corrected chi connectivity index (χ0v) is 14.4. The molecular formula is C19H28N2O2. The first kappa shape index (κ1) is 16.3. The molecule has 23 heavy (non-hydrogen) atoms. The highest BCUT2D eigenvalue weighted by Crippen LogP contribution is 2.28. The van der Waals surface area contributed by atoms with Crippen LogP contribution in [0.25, 0.3) is 0 Å². The average molecular weight is 316 g/mol. The fourth-order valence-electron chi connectivity index (χ4n) is 3.72. The minimum absolute atomic E-state index is 0.184. The van der Waals surface area contributed by atoms with Crippen LogP contribution in [0.5, 0.6) is 0 Å². The van der Waals surface area contributed by atoms with E-state index in [0.29, 0.717) is 6.61 Å². The Balaban J connectivity index is 1.66. The van der Waals surface area contributed by atoms with Gasteiger partial charge in [0.25, 0.3) is 5.91 Å². The molecule has 0 radical (unpaired) electrons. The van der Waals surface area contributed by atoms with E-state index in [1.165, 1.54) is 11.3 Å². The van der Waals surface area contributed by atoms with Gasteiger partial charge in [-0.05, 0) is 51.2 Å². The Morgan fingerprint density at radius 1 is 1.09 bits per heavy atom. The minimum Gasteiger partial charge on any atom is -0.369 e. The van der Waals surface area contributed by atoms with Crippen LogP contribution in [0, 0.1) is 6.92 Å². The predicted molar refractivity (Wildman–Crippen MR) is 92.8 cm³/mol. The molecule has 0 aliphatic carbocycles. The van der Waals surface area contributed by atoms with E-state index in [0.717, 1.165) is 51.9 Å². The van der Waals surface area contributed by atoms with Crippen molar-refractivity contribution in [3.05, 3.63) is 29.8 Å². The van der Waals surface area contributed by atoms with Crippen molar-refractivity contribution in [2.24, 2.45) is 0 Å². The molecule has 0 bridgehead atoms. The van der Waals surface area contributed by atoms with Crippen molar-refractivity contribution in [2.75, 3.05) is 37.7 Å². The topological polar surface area (TPSA) is 32.8 Å². The molecule has 2 aliphatic rings. The Labute approximate surface area is 139 Å². The van der Waals surface area contributed by atoms with Gasteiger partial charge in [-0.3, -0.25) is 4.79 Å². The Morgan fingerprint density at radius 3 is 2.65 bits per heavy atom. The standard InChI is InChI=1S/C19H28N2O2/c1-16-8-3-4-9-17(16)20-11-7-12-21(14-13-20)18(22)19(2)10-5-6-15-23-19/h3-4,8-9H,5-7,10-15H2,1-2H3/t19-/m1/s1. The van der Waals surface area contributed by atoms with Crippen LogP contribution < -0.4 is 4.90 Å². The minimum atomic E-state index is -0.601. The summed E-state index contributed by atoms with van der Waals surface area (Å²) in [5.41, 5.74) is 1.99. The smallest absolute Gasteiger partial charge is 0.254 e. The Hall–Kier alpha value is -1.55. The molecule has 0 spiro atoms. The number of aryl methyl sites for hydroxylation is 1. The number of para-hydroxylation sites is 1. The number of rotatable bonds is 2. The van der Waals surface area contributed by atoms with Gasteiger partial charge in [-0.25, -0.2) is 0 Å². The Morgan fingerprint density at radius 2 is 1.91 bits per heavy atom. The van der Waals surface area contributed by atoms with E-state index in [9.17, 15) is 4.79 Å². The van der Waals surface area contributed by atoms with Gasteiger partial charge in [0.05, 0.1) is 0 Å². The molecule has 2 fully saturated rings. The van der Waals surface area contributed by atoms with Crippen molar-refractivity contribution < 1.29 is 9.53 Å². The number of anilines is 1. The van der Waals surface area contributed by atoms with Gasteiger partial charge in [-0.1, -0.05) is 18.2 Å². The summed E-state index contributed by atoms with van der Waals surface area (Å²) in [7, 11) is 0. The van der Waals surface area contributed by atoms with Crippen LogP contribution in [0.15, 0.2) is 24.3 Å². The first-order chi connectivity index (χ1) is 11.1. The normalized spacial score (nSPS) is 26.0. The molecule has 1 amide bonds. The number of amides is 1. The van der Waals surface area contributed by atoms with Gasteiger partial charge in [0.1, 0.15) is 5.60 Å². The van der Waals surface area contributed by atoms with Crippen LogP contribution >= 0.6 is 0 Å². The molecule has 1 aromatic carbocycles. The van der Waals surface area contributed by atoms with Gasteiger partial charge in [0.15, 0.2) is 0 Å². The van der Waals surface area contributed by atoms with E-state index in [2.05, 4.69) is 36.1 Å². The summed E-state index contributed by atoms with van der Waals surface area (Å²) in [4.78, 5) is 17.3. The monoisotopic (exact) mass is 316 g/mol. The van der Waals surface area contributed by atoms with E-state index < -0.39 is 5.60 Å². The molecule has 126 valence electrons. The fraction of sp³-hybridized carbons (Fsp3) is 0.632. The van der Waals surface area contributed by atoms with Crippen LogP contribution in [0.2, 0.25) is 0 Å². The fourth-order valence-corrected chi connectivity index (χ4v) is 3.72. The molecule has 2 heterocycles. The van der Waals surface area contributed by atoms with Crippen molar-refractivity contribution in [1.29, 1.82) is 0 Å². The lowest BCUT2D eigenvalue weighted by molar-refractivity contribution is -0.161. The van der Waals surface area contributed by atoms with Crippen molar-refractivity contribution in [1.82, 2.24) is 4.90 Å². The maximum absolute atomic E-state index is 12.9. The van der Waals surface area contributed by atoms with Crippen LogP contribution in [-0.2, 0) is 9.53 Å². The average Bonchev–Trinajstić information content (AvgIpc) is 2.81. The molecule has 2 saturated heterocycles. The molecular weight excluding hydrogens is 288 g/mol. The first-order valence-corrected chi connectivity index (χ1v) is 8.84. The van der Waals surface area contributed by atoms with E-state index in [1.54, 1.807) is 0 Å². The lowest BCUT2D eigenvalue weighted by Gasteiger charge is -2.36. The highest BCUT2D eigenvalue weighted by atomic mass is 16.5. The van der Waals surface area contributed by atoms with Crippen molar-refractivity contribution in [3.8, 4) is 0 Å². The lowest BCUT2D eigenvalue weighted by Crippen LogP contribution is -2.51. The summed E-state index contributed by atoms with van der Waals surface area (Å²) in [6.45, 7) is 8.36. The second-order valence-corrected chi connectivity index (χ2v) is 6.96. The van der Waals surface area contributed by atoms with Crippen LogP contribution in [0.3, 0.4) is 0 Å². The maximum atomic E-state index is 12.9. The lowest BCUT2D eigenvalue weighted by atomic mass is 9.94. The highest BCUT2D eigenvalue weighted by Gasteiger charge is 2.39. The van der Waals surface area contributed by atoms with E-state index in [-0.39, 0.29) is 5.91 Å². The maximum Gasteiger partial charge on any atom is 0.254 e. The van der Waals surface area contributed by atoms with Gasteiger partial charge in [0, 0.05) is 38.5 Å². The van der Waals surface area contributed by atoms with Crippen LogP contribution in [0.4, 0.5) is 5.69 Å². The zero-order valence-electron chi connectivity index (χ0n) is 14.4. The van der Waals surface area contributed by atoms with Gasteiger partial charge in [0.2, 0.25) is 0 Å². The quantitative estimate of drug-likeness (QED) is 0.841. The van der Waals surface area contributed by atoms with Crippen LogP contribution in [0.1, 0.15) is 38.2 Å². The summed E-state index contributed by atoms with van der Waals surface area (Å²) in [6, 6.07) is 8.50. The van der Waals surface area contributed by atoms with Crippen LogP contribution in [-0.4, -0.2) is 49.2 Å². The third-order valence-corrected chi connectivity index (χ3v) is 5.16. The predicted octanol–water partition coefficient (Wildman–Crippen LogP) is 2.99. The summed E-state index contributed by atoms with van der Waals surface area (Å²) < 4.78 is 5.85. The van der Waals surface area contributed by atoms with Gasteiger partial charge in [-0.15, -0.1) is 0 Å². The van der Waals surface area contributed by atoms with Gasteiger partial charge in [-0.2, -0.15) is 0 Å². The summed E-state index contributed by atoms with van der Waals surface area (Å²) in [5.74, 6) is 0.184. The number of nitrogens with zero attached hydrogens (tertiary/aromatic N) is 2. The molecule has 4 heteroatoms. The Kier molecular flexibility index (Phi) is 4.90. The zero-order chi connectivity index (χ0) is 16.3. The third kappa shape index (κ3) is 3.52. The number of hydrogen-bond acceptors (Lipinski definition) is 3. The van der Waals surface area contributed by atoms with E-state index >= 15 is 0 Å². The number of ether oxygens (including phenoxy) is 1. The second-order valence-electron chi connectivity index (χ2n) is 6.96. The SMILES string of the molecule is Cc1ccccc1N1CCCN(C(=O)[C@@]2(C)CCCCO2)CC1. The summed E-state index contributed by atoms with van der Waals surface area (Å²) >= 11 is 0. The molecule has 1 atom stereocenters. The van der Waals surface area contributed by atoms with E-state index in [4.69, 9.17) is 4.74 Å². The third-order valence-electron chi connectivity index (χ3n) is 5.16. The summed E-state index contributed by atoms with van der Waals surface area (Å²) in [5, 5.41) is 0. The summed E-state index contributed by atoms with van der Waals surface area (Å²) in [6.07, 6.45) is 4.02. The van der Waals surface area contributed by atoms with Gasteiger partial charge >= 0.3 is 0 Å². The molecule has 0 N–H and O–H groups in total. The first-order valence-electron chi connectivity index (χ1n) is 8.84. The Bertz CT molecular complexity index is 552. The molecule has 0 unspecified atom stereocenters. The molecule has 0 saturated carbocycles. The van der Waals surface area contributed by atoms with E-state index in [1.807, 2.05) is 11.8 Å². The van der Waals surface area contributed by atoms with Crippen molar-refractivity contribution >= 4 is 11.6 Å². The molecule has 2 aliphatic heterocycles. The largest absolute Gasteiger partial charge is 0.369 e. The number of carbonyl (C=O) groups excluding carboxylic acids is 1. The number of hydrogen-bond donors (Lipinski definition) is 0. The molecule has 3 rings (SSSR count). The van der Waals surface area contributed by atoms with Crippen molar-refractivity contribution in [3.63, 3.8) is 0 Å². The highest BCUT2D eigenvalue weighted by molar-refractivity contribution is 5.85. The number of benzene rings is 1.